The van der Waals surface area contributed by atoms with Crippen molar-refractivity contribution < 1.29 is 23.1 Å². The maximum absolute atomic E-state index is 9.95. The minimum atomic E-state index is -3.90. The number of phosphoric ester groups is 1. The standard InChI is InChI=1S/C7H13N2.C2H7O4P/c1-7(2)9-5-4-8(3)6-9;1-5-7(3,4)6-2/h4-7H,1-3H3;1-2H3,(H,3,4)/q+1;/p-1. The van der Waals surface area contributed by atoms with Gasteiger partial charge >= 0.3 is 0 Å². The van der Waals surface area contributed by atoms with Gasteiger partial charge < -0.3 is 13.9 Å². The molecule has 1 rings (SSSR count). The third-order valence-corrected chi connectivity index (χ3v) is 2.73. The molecule has 0 atom stereocenters. The molecule has 0 N–H and O–H groups in total. The van der Waals surface area contributed by atoms with Crippen molar-refractivity contribution in [2.45, 2.75) is 19.9 Å². The van der Waals surface area contributed by atoms with Crippen molar-refractivity contribution in [3.63, 3.8) is 0 Å². The fraction of sp³-hybridized carbons (Fsp3) is 0.667. The summed E-state index contributed by atoms with van der Waals surface area (Å²) in [6, 6.07) is 0.575. The Hall–Kier alpha value is -0.680. The van der Waals surface area contributed by atoms with Crippen LogP contribution in [0.4, 0.5) is 0 Å². The first kappa shape index (κ1) is 15.3. The zero-order valence-corrected chi connectivity index (χ0v) is 11.2. The SMILES string of the molecule is CC(C)n1cc[n+](C)c1.COP(=O)([O-])OC. The lowest BCUT2D eigenvalue weighted by Gasteiger charge is -2.16. The van der Waals surface area contributed by atoms with Crippen molar-refractivity contribution in [3.05, 3.63) is 18.7 Å². The van der Waals surface area contributed by atoms with Crippen molar-refractivity contribution in [1.82, 2.24) is 4.57 Å². The van der Waals surface area contributed by atoms with E-state index in [1.54, 1.807) is 0 Å². The third-order valence-electron chi connectivity index (χ3n) is 1.83. The molecule has 0 radical (unpaired) electrons. The summed E-state index contributed by atoms with van der Waals surface area (Å²) in [6.45, 7) is 4.33. The Kier molecular flexibility index (Phi) is 6.52. The van der Waals surface area contributed by atoms with Crippen LogP contribution >= 0.6 is 7.82 Å². The van der Waals surface area contributed by atoms with Crippen LogP contribution in [0.1, 0.15) is 19.9 Å². The molecule has 0 saturated heterocycles. The molecule has 0 fully saturated rings. The number of aryl methyl sites for hydroxylation is 1. The second-order valence-electron chi connectivity index (χ2n) is 3.43. The summed E-state index contributed by atoms with van der Waals surface area (Å²) >= 11 is 0. The van der Waals surface area contributed by atoms with Crippen molar-refractivity contribution in [3.8, 4) is 0 Å². The van der Waals surface area contributed by atoms with Gasteiger partial charge in [-0.05, 0) is 13.8 Å². The Balaban J connectivity index is 0.000000293. The Bertz CT molecular complexity index is 343. The number of hydrogen-bond donors (Lipinski definition) is 0. The van der Waals surface area contributed by atoms with Crippen LogP contribution in [0, 0.1) is 0 Å². The first-order chi connectivity index (χ1) is 7.32. The second kappa shape index (κ2) is 6.81. The molecule has 1 aromatic rings. The smallest absolute Gasteiger partial charge is 0.267 e. The van der Waals surface area contributed by atoms with Gasteiger partial charge in [0.2, 0.25) is 6.33 Å². The third kappa shape index (κ3) is 6.02. The molecule has 0 spiro atoms. The molecule has 16 heavy (non-hydrogen) atoms. The van der Waals surface area contributed by atoms with Gasteiger partial charge in [-0.15, -0.1) is 0 Å². The highest BCUT2D eigenvalue weighted by atomic mass is 31.2. The zero-order valence-electron chi connectivity index (χ0n) is 10.3. The number of phosphoric acid groups is 1. The molecule has 0 aromatic carbocycles. The molecular weight excluding hydrogens is 231 g/mol. The molecule has 0 saturated carbocycles. The average Bonchev–Trinajstić information content (AvgIpc) is 2.66. The molecule has 0 aliphatic rings. The van der Waals surface area contributed by atoms with E-state index >= 15 is 0 Å². The van der Waals surface area contributed by atoms with Gasteiger partial charge in [0.05, 0.1) is 13.1 Å². The molecule has 1 heterocycles. The largest absolute Gasteiger partial charge is 0.756 e. The van der Waals surface area contributed by atoms with E-state index < -0.39 is 7.82 Å². The van der Waals surface area contributed by atoms with Crippen LogP contribution in [0.15, 0.2) is 18.7 Å². The van der Waals surface area contributed by atoms with Gasteiger partial charge in [0.1, 0.15) is 12.4 Å². The van der Waals surface area contributed by atoms with Crippen molar-refractivity contribution >= 4 is 7.82 Å². The molecule has 0 bridgehead atoms. The van der Waals surface area contributed by atoms with Crippen LogP contribution in [0.25, 0.3) is 0 Å². The van der Waals surface area contributed by atoms with Gasteiger partial charge in [0.25, 0.3) is 7.82 Å². The Morgan fingerprint density at radius 2 is 1.88 bits per heavy atom. The van der Waals surface area contributed by atoms with Crippen LogP contribution in [-0.2, 0) is 20.7 Å². The van der Waals surface area contributed by atoms with E-state index in [0.29, 0.717) is 6.04 Å². The number of aromatic nitrogens is 2. The predicted molar refractivity (Wildman–Crippen MR) is 57.6 cm³/mol. The minimum Gasteiger partial charge on any atom is -0.756 e. The van der Waals surface area contributed by atoms with Crippen LogP contribution in [0.2, 0.25) is 0 Å². The van der Waals surface area contributed by atoms with Crippen molar-refractivity contribution in [1.29, 1.82) is 0 Å². The van der Waals surface area contributed by atoms with Crippen molar-refractivity contribution in [2.75, 3.05) is 14.2 Å². The minimum absolute atomic E-state index is 0.575. The van der Waals surface area contributed by atoms with E-state index in [0.717, 1.165) is 14.2 Å². The summed E-state index contributed by atoms with van der Waals surface area (Å²) in [5.74, 6) is 0. The van der Waals surface area contributed by atoms with E-state index in [1.165, 1.54) is 0 Å². The van der Waals surface area contributed by atoms with E-state index in [9.17, 15) is 9.46 Å². The topological polar surface area (TPSA) is 67.4 Å². The molecular formula is C9H19N2O4P. The lowest BCUT2D eigenvalue weighted by Crippen LogP contribution is -2.23. The van der Waals surface area contributed by atoms with Gasteiger partial charge in [-0.25, -0.2) is 9.13 Å². The van der Waals surface area contributed by atoms with Gasteiger partial charge in [0.15, 0.2) is 0 Å². The quantitative estimate of drug-likeness (QED) is 0.583. The highest BCUT2D eigenvalue weighted by Crippen LogP contribution is 2.34. The van der Waals surface area contributed by atoms with Crippen LogP contribution in [0.3, 0.4) is 0 Å². The van der Waals surface area contributed by atoms with Gasteiger partial charge in [-0.1, -0.05) is 0 Å². The maximum atomic E-state index is 9.95. The van der Waals surface area contributed by atoms with E-state index in [1.807, 2.05) is 17.8 Å². The molecule has 0 aliphatic heterocycles. The molecule has 7 heteroatoms. The lowest BCUT2D eigenvalue weighted by molar-refractivity contribution is -0.671. The molecule has 94 valence electrons. The van der Waals surface area contributed by atoms with Crippen LogP contribution in [-0.4, -0.2) is 18.8 Å². The fourth-order valence-corrected chi connectivity index (χ4v) is 0.999. The van der Waals surface area contributed by atoms with E-state index in [2.05, 4.69) is 40.0 Å². The first-order valence-electron chi connectivity index (χ1n) is 4.77. The van der Waals surface area contributed by atoms with Crippen molar-refractivity contribution in [2.24, 2.45) is 7.05 Å². The Labute approximate surface area is 96.0 Å². The predicted octanol–water partition coefficient (Wildman–Crippen LogP) is 0.641. The van der Waals surface area contributed by atoms with E-state index in [-0.39, 0.29) is 0 Å². The molecule has 0 aliphatic carbocycles. The second-order valence-corrected chi connectivity index (χ2v) is 5.06. The number of nitrogens with zero attached hydrogens (tertiary/aromatic N) is 2. The van der Waals surface area contributed by atoms with Crippen LogP contribution < -0.4 is 9.46 Å². The molecule has 6 nitrogen and oxygen atoms in total. The summed E-state index contributed by atoms with van der Waals surface area (Å²) in [5.41, 5.74) is 0. The van der Waals surface area contributed by atoms with Gasteiger partial charge in [-0.2, -0.15) is 0 Å². The number of imidazole rings is 1. The summed E-state index contributed by atoms with van der Waals surface area (Å²) < 4.78 is 21.9. The Morgan fingerprint density at radius 3 is 2.00 bits per heavy atom. The van der Waals surface area contributed by atoms with E-state index in [4.69, 9.17) is 0 Å². The monoisotopic (exact) mass is 250 g/mol. The number of hydrogen-bond acceptors (Lipinski definition) is 4. The summed E-state index contributed by atoms with van der Waals surface area (Å²) in [4.78, 5) is 9.95. The van der Waals surface area contributed by atoms with Gasteiger partial charge in [-0.3, -0.25) is 4.57 Å². The fourth-order valence-electron chi connectivity index (χ4n) is 0.849. The van der Waals surface area contributed by atoms with Crippen LogP contribution in [0.5, 0.6) is 0 Å². The summed E-state index contributed by atoms with van der Waals surface area (Å²) in [7, 11) is 0.200. The Morgan fingerprint density at radius 1 is 1.38 bits per heavy atom. The molecule has 0 amide bonds. The summed E-state index contributed by atoms with van der Waals surface area (Å²) in [5, 5.41) is 0. The van der Waals surface area contributed by atoms with Gasteiger partial charge in [0, 0.05) is 14.2 Å². The highest BCUT2D eigenvalue weighted by Gasteiger charge is 2.01. The first-order valence-corrected chi connectivity index (χ1v) is 6.23. The summed E-state index contributed by atoms with van der Waals surface area (Å²) in [6.07, 6.45) is 6.19. The lowest BCUT2D eigenvalue weighted by atomic mass is 10.4. The zero-order chi connectivity index (χ0) is 12.8. The average molecular weight is 250 g/mol. The molecule has 0 unspecified atom stereocenters. The normalized spacial score (nSPS) is 11.2. The highest BCUT2D eigenvalue weighted by molar-refractivity contribution is 7.45. The maximum Gasteiger partial charge on any atom is 0.267 e. The number of rotatable bonds is 3. The molecule has 1 aromatic heterocycles.